The van der Waals surface area contributed by atoms with Crippen molar-refractivity contribution in [2.24, 2.45) is 5.10 Å². The number of benzene rings is 2. The molecule has 0 bridgehead atoms. The van der Waals surface area contributed by atoms with Crippen molar-refractivity contribution in [3.05, 3.63) is 64.7 Å². The minimum absolute atomic E-state index is 0.104. The van der Waals surface area contributed by atoms with Gasteiger partial charge in [-0.2, -0.15) is 5.10 Å². The molecule has 0 aliphatic rings. The summed E-state index contributed by atoms with van der Waals surface area (Å²) in [5, 5.41) is 4.50. The van der Waals surface area contributed by atoms with Crippen LogP contribution in [0.5, 0.6) is 5.75 Å². The molecule has 0 saturated carbocycles. The van der Waals surface area contributed by atoms with Gasteiger partial charge in [-0.05, 0) is 36.8 Å². The van der Waals surface area contributed by atoms with Crippen LogP contribution in [0.2, 0.25) is 5.02 Å². The number of ether oxygens (including phenoxy) is 1. The molecule has 0 aromatic heterocycles. The predicted molar refractivity (Wildman–Crippen MR) is 83.9 cm³/mol. The second kappa shape index (κ2) is 7.45. The first kappa shape index (κ1) is 15.1. The Hall–Kier alpha value is -2.33. The summed E-state index contributed by atoms with van der Waals surface area (Å²) < 4.78 is 5.30. The van der Waals surface area contributed by atoms with E-state index in [2.05, 4.69) is 10.5 Å². The number of nitrogens with one attached hydrogen (secondary N) is 1. The lowest BCUT2D eigenvalue weighted by atomic mass is 10.2. The molecule has 4 nitrogen and oxygen atoms in total. The first-order valence-corrected chi connectivity index (χ1v) is 6.78. The number of carbonyl (C=O) groups excluding carboxylic acids is 1. The van der Waals surface area contributed by atoms with Crippen molar-refractivity contribution < 1.29 is 9.53 Å². The van der Waals surface area contributed by atoms with Crippen molar-refractivity contribution in [2.45, 2.75) is 6.92 Å². The summed E-state index contributed by atoms with van der Waals surface area (Å²) in [5.41, 5.74) is 4.47. The van der Waals surface area contributed by atoms with E-state index in [-0.39, 0.29) is 12.5 Å². The van der Waals surface area contributed by atoms with E-state index in [1.54, 1.807) is 30.5 Å². The molecule has 2 rings (SSSR count). The second-order valence-electron chi connectivity index (χ2n) is 4.45. The Morgan fingerprint density at radius 1 is 1.29 bits per heavy atom. The summed E-state index contributed by atoms with van der Waals surface area (Å²) in [6.07, 6.45) is 1.59. The monoisotopic (exact) mass is 302 g/mol. The van der Waals surface area contributed by atoms with Gasteiger partial charge in [0.25, 0.3) is 5.91 Å². The Balaban J connectivity index is 1.78. The number of aryl methyl sites for hydroxylation is 1. The highest BCUT2D eigenvalue weighted by molar-refractivity contribution is 6.30. The predicted octanol–water partition coefficient (Wildman–Crippen LogP) is 3.18. The maximum Gasteiger partial charge on any atom is 0.277 e. The molecule has 1 amide bonds. The molecule has 0 fully saturated rings. The molecular weight excluding hydrogens is 288 g/mol. The van der Waals surface area contributed by atoms with Crippen molar-refractivity contribution in [2.75, 3.05) is 6.61 Å². The van der Waals surface area contributed by atoms with E-state index in [1.807, 2.05) is 31.2 Å². The van der Waals surface area contributed by atoms with E-state index in [4.69, 9.17) is 16.3 Å². The van der Waals surface area contributed by atoms with Crippen LogP contribution in [0.15, 0.2) is 53.6 Å². The number of hydrazone groups is 1. The zero-order valence-corrected chi connectivity index (χ0v) is 12.3. The van der Waals surface area contributed by atoms with Gasteiger partial charge in [-0.3, -0.25) is 4.79 Å². The molecule has 21 heavy (non-hydrogen) atoms. The normalized spacial score (nSPS) is 10.6. The number of amides is 1. The van der Waals surface area contributed by atoms with Crippen LogP contribution in [0.4, 0.5) is 0 Å². The van der Waals surface area contributed by atoms with Gasteiger partial charge in [-0.25, -0.2) is 5.43 Å². The molecule has 2 aromatic carbocycles. The molecule has 0 atom stereocenters. The average molecular weight is 303 g/mol. The summed E-state index contributed by atoms with van der Waals surface area (Å²) in [7, 11) is 0. The number of rotatable bonds is 5. The van der Waals surface area contributed by atoms with Crippen molar-refractivity contribution in [3.63, 3.8) is 0 Å². The molecule has 0 aliphatic heterocycles. The van der Waals surface area contributed by atoms with Crippen molar-refractivity contribution in [1.29, 1.82) is 0 Å². The third kappa shape index (κ3) is 5.28. The molecule has 5 heteroatoms. The SMILES string of the molecule is Cc1cccc(/C=N\NC(=O)COc2ccc(Cl)cc2)c1. The smallest absolute Gasteiger partial charge is 0.277 e. The molecule has 108 valence electrons. The first-order valence-electron chi connectivity index (χ1n) is 6.40. The summed E-state index contributed by atoms with van der Waals surface area (Å²) in [6, 6.07) is 14.6. The molecule has 0 heterocycles. The van der Waals surface area contributed by atoms with Gasteiger partial charge < -0.3 is 4.74 Å². The van der Waals surface area contributed by atoms with E-state index in [0.717, 1.165) is 11.1 Å². The quantitative estimate of drug-likeness (QED) is 0.681. The lowest BCUT2D eigenvalue weighted by Crippen LogP contribution is -2.24. The third-order valence-corrected chi connectivity index (χ3v) is 2.88. The minimum Gasteiger partial charge on any atom is -0.484 e. The Morgan fingerprint density at radius 3 is 2.76 bits per heavy atom. The largest absolute Gasteiger partial charge is 0.484 e. The van der Waals surface area contributed by atoms with Crippen molar-refractivity contribution >= 4 is 23.7 Å². The van der Waals surface area contributed by atoms with Gasteiger partial charge in [0.15, 0.2) is 6.61 Å². The fourth-order valence-electron chi connectivity index (χ4n) is 1.64. The molecule has 2 aromatic rings. The van der Waals surface area contributed by atoms with Crippen LogP contribution in [-0.4, -0.2) is 18.7 Å². The minimum atomic E-state index is -0.325. The van der Waals surface area contributed by atoms with E-state index in [9.17, 15) is 4.79 Å². The van der Waals surface area contributed by atoms with E-state index in [1.165, 1.54) is 0 Å². The van der Waals surface area contributed by atoms with Crippen LogP contribution >= 0.6 is 11.6 Å². The van der Waals surface area contributed by atoms with Gasteiger partial charge in [0.2, 0.25) is 0 Å². The van der Waals surface area contributed by atoms with E-state index >= 15 is 0 Å². The summed E-state index contributed by atoms with van der Waals surface area (Å²) in [6.45, 7) is 1.89. The second-order valence-corrected chi connectivity index (χ2v) is 4.89. The van der Waals surface area contributed by atoms with Gasteiger partial charge in [-0.15, -0.1) is 0 Å². The lowest BCUT2D eigenvalue weighted by Gasteiger charge is -2.04. The van der Waals surface area contributed by atoms with Gasteiger partial charge in [-0.1, -0.05) is 41.4 Å². The third-order valence-electron chi connectivity index (χ3n) is 2.63. The number of halogens is 1. The Morgan fingerprint density at radius 2 is 2.05 bits per heavy atom. The molecule has 0 aliphatic carbocycles. The van der Waals surface area contributed by atoms with E-state index < -0.39 is 0 Å². The van der Waals surface area contributed by atoms with Crippen molar-refractivity contribution in [1.82, 2.24) is 5.43 Å². The Bertz CT molecular complexity index is 639. The Labute approximate surface area is 128 Å². The maximum atomic E-state index is 11.6. The van der Waals surface area contributed by atoms with Gasteiger partial charge in [0.05, 0.1) is 6.21 Å². The highest BCUT2D eigenvalue weighted by Crippen LogP contribution is 2.15. The molecule has 0 unspecified atom stereocenters. The zero-order valence-electron chi connectivity index (χ0n) is 11.5. The molecule has 0 saturated heterocycles. The highest BCUT2D eigenvalue weighted by Gasteiger charge is 2.01. The van der Waals surface area contributed by atoms with E-state index in [0.29, 0.717) is 10.8 Å². The van der Waals surface area contributed by atoms with Crippen LogP contribution in [0.3, 0.4) is 0 Å². The molecule has 0 spiro atoms. The topological polar surface area (TPSA) is 50.7 Å². The fraction of sp³-hybridized carbons (Fsp3) is 0.125. The summed E-state index contributed by atoms with van der Waals surface area (Å²) >= 11 is 5.76. The number of hydrogen-bond donors (Lipinski definition) is 1. The highest BCUT2D eigenvalue weighted by atomic mass is 35.5. The average Bonchev–Trinajstić information content (AvgIpc) is 2.47. The van der Waals surface area contributed by atoms with Crippen LogP contribution in [0, 0.1) is 6.92 Å². The van der Waals surface area contributed by atoms with Crippen LogP contribution in [0.25, 0.3) is 0 Å². The Kier molecular flexibility index (Phi) is 5.35. The molecule has 1 N–H and O–H groups in total. The standard InChI is InChI=1S/C16H15ClN2O2/c1-12-3-2-4-13(9-12)10-18-19-16(20)11-21-15-7-5-14(17)6-8-15/h2-10H,11H2,1H3,(H,19,20)/b18-10-. The van der Waals surface area contributed by atoms with Gasteiger partial charge in [0, 0.05) is 5.02 Å². The van der Waals surface area contributed by atoms with Gasteiger partial charge in [0.1, 0.15) is 5.75 Å². The fourth-order valence-corrected chi connectivity index (χ4v) is 1.77. The number of carbonyl (C=O) groups is 1. The van der Waals surface area contributed by atoms with Gasteiger partial charge >= 0.3 is 0 Å². The maximum absolute atomic E-state index is 11.6. The lowest BCUT2D eigenvalue weighted by molar-refractivity contribution is -0.123. The molecular formula is C16H15ClN2O2. The first-order chi connectivity index (χ1) is 10.1. The summed E-state index contributed by atoms with van der Waals surface area (Å²) in [4.78, 5) is 11.6. The van der Waals surface area contributed by atoms with Crippen LogP contribution in [0.1, 0.15) is 11.1 Å². The van der Waals surface area contributed by atoms with Crippen LogP contribution in [-0.2, 0) is 4.79 Å². The number of nitrogens with zero attached hydrogens (tertiary/aromatic N) is 1. The van der Waals surface area contributed by atoms with Crippen LogP contribution < -0.4 is 10.2 Å². The summed E-state index contributed by atoms with van der Waals surface area (Å²) in [5.74, 6) is 0.256. The zero-order chi connectivity index (χ0) is 15.1. The number of hydrogen-bond acceptors (Lipinski definition) is 3. The molecule has 0 radical (unpaired) electrons. The van der Waals surface area contributed by atoms with Crippen molar-refractivity contribution in [3.8, 4) is 5.75 Å².